The van der Waals surface area contributed by atoms with E-state index in [4.69, 9.17) is 14.2 Å². The third-order valence-corrected chi connectivity index (χ3v) is 4.54. The summed E-state index contributed by atoms with van der Waals surface area (Å²) in [5.74, 6) is 0.895. The SMILES string of the molecule is CCOc1ccc(C2=N/C(=C\c3ccc(OCc4ccc(F)cc4)cc3)C(=O)O2)cc1. The van der Waals surface area contributed by atoms with Crippen LogP contribution in [0.25, 0.3) is 6.08 Å². The van der Waals surface area contributed by atoms with E-state index in [0.717, 1.165) is 16.9 Å². The molecule has 6 heteroatoms. The van der Waals surface area contributed by atoms with Crippen LogP contribution < -0.4 is 9.47 Å². The van der Waals surface area contributed by atoms with Crippen LogP contribution >= 0.6 is 0 Å². The Bertz CT molecular complexity index is 1120. The van der Waals surface area contributed by atoms with E-state index in [0.29, 0.717) is 24.5 Å². The minimum atomic E-state index is -0.500. The van der Waals surface area contributed by atoms with Crippen molar-refractivity contribution in [2.45, 2.75) is 13.5 Å². The zero-order chi connectivity index (χ0) is 21.6. The molecule has 3 aromatic rings. The van der Waals surface area contributed by atoms with Crippen LogP contribution in [-0.2, 0) is 16.1 Å². The van der Waals surface area contributed by atoms with Gasteiger partial charge >= 0.3 is 5.97 Å². The van der Waals surface area contributed by atoms with Crippen LogP contribution in [0.3, 0.4) is 0 Å². The van der Waals surface area contributed by atoms with Gasteiger partial charge in [-0.05, 0) is 72.7 Å². The molecule has 1 aliphatic heterocycles. The van der Waals surface area contributed by atoms with Gasteiger partial charge in [0.1, 0.15) is 23.9 Å². The van der Waals surface area contributed by atoms with Crippen molar-refractivity contribution in [3.63, 3.8) is 0 Å². The molecule has 31 heavy (non-hydrogen) atoms. The van der Waals surface area contributed by atoms with Crippen molar-refractivity contribution in [1.82, 2.24) is 0 Å². The van der Waals surface area contributed by atoms with Crippen molar-refractivity contribution >= 4 is 17.9 Å². The third kappa shape index (κ3) is 5.17. The second-order valence-electron chi connectivity index (χ2n) is 6.78. The zero-order valence-corrected chi connectivity index (χ0v) is 16.9. The van der Waals surface area contributed by atoms with Crippen LogP contribution in [-0.4, -0.2) is 18.5 Å². The highest BCUT2D eigenvalue weighted by Crippen LogP contribution is 2.22. The van der Waals surface area contributed by atoms with Crippen LogP contribution in [0.4, 0.5) is 4.39 Å². The van der Waals surface area contributed by atoms with E-state index in [1.54, 1.807) is 42.5 Å². The maximum atomic E-state index is 13.0. The van der Waals surface area contributed by atoms with E-state index in [1.807, 2.05) is 31.2 Å². The number of halogens is 1. The van der Waals surface area contributed by atoms with Gasteiger partial charge in [-0.25, -0.2) is 14.2 Å². The fourth-order valence-corrected chi connectivity index (χ4v) is 2.96. The van der Waals surface area contributed by atoms with Gasteiger partial charge in [0.2, 0.25) is 5.90 Å². The Kier molecular flexibility index (Phi) is 6.08. The number of rotatable bonds is 7. The average molecular weight is 417 g/mol. The van der Waals surface area contributed by atoms with Gasteiger partial charge in [-0.2, -0.15) is 0 Å². The molecule has 0 aliphatic carbocycles. The van der Waals surface area contributed by atoms with Gasteiger partial charge in [0, 0.05) is 5.56 Å². The molecule has 0 spiro atoms. The first kappa shape index (κ1) is 20.3. The maximum Gasteiger partial charge on any atom is 0.363 e. The molecule has 0 saturated heterocycles. The van der Waals surface area contributed by atoms with Gasteiger partial charge in [-0.3, -0.25) is 0 Å². The fraction of sp³-hybridized carbons (Fsp3) is 0.120. The molecule has 0 N–H and O–H groups in total. The monoisotopic (exact) mass is 417 g/mol. The number of esters is 1. The lowest BCUT2D eigenvalue weighted by atomic mass is 10.2. The molecule has 1 heterocycles. The molecule has 3 aromatic carbocycles. The summed E-state index contributed by atoms with van der Waals surface area (Å²) in [5, 5.41) is 0. The molecule has 0 radical (unpaired) electrons. The van der Waals surface area contributed by atoms with Crippen molar-refractivity contribution in [3.05, 3.63) is 101 Å². The lowest BCUT2D eigenvalue weighted by Crippen LogP contribution is -2.05. The number of nitrogens with zero attached hydrogens (tertiary/aromatic N) is 1. The Morgan fingerprint density at radius 2 is 1.55 bits per heavy atom. The van der Waals surface area contributed by atoms with Crippen LogP contribution in [0.5, 0.6) is 11.5 Å². The highest BCUT2D eigenvalue weighted by atomic mass is 19.1. The van der Waals surface area contributed by atoms with Crippen LogP contribution in [0.1, 0.15) is 23.6 Å². The first-order valence-electron chi connectivity index (χ1n) is 9.84. The standard InChI is InChI=1S/C25H20FNO4/c1-2-29-21-13-7-19(8-14-21)24-27-23(25(28)31-24)15-17-5-11-22(12-6-17)30-16-18-3-9-20(26)10-4-18/h3-15H,2,16H2,1H3/b23-15-. The van der Waals surface area contributed by atoms with Crippen molar-refractivity contribution in [1.29, 1.82) is 0 Å². The predicted octanol–water partition coefficient (Wildman–Crippen LogP) is 5.15. The summed E-state index contributed by atoms with van der Waals surface area (Å²) >= 11 is 0. The summed E-state index contributed by atoms with van der Waals surface area (Å²) in [6.45, 7) is 2.83. The molecule has 0 unspecified atom stereocenters. The number of aliphatic imine (C=N–C) groups is 1. The molecule has 5 nitrogen and oxygen atoms in total. The van der Waals surface area contributed by atoms with Crippen molar-refractivity contribution in [3.8, 4) is 11.5 Å². The van der Waals surface area contributed by atoms with E-state index in [9.17, 15) is 9.18 Å². The highest BCUT2D eigenvalue weighted by Gasteiger charge is 2.24. The summed E-state index contributed by atoms with van der Waals surface area (Å²) in [6.07, 6.45) is 1.66. The minimum Gasteiger partial charge on any atom is -0.494 e. The summed E-state index contributed by atoms with van der Waals surface area (Å²) in [7, 11) is 0. The van der Waals surface area contributed by atoms with Gasteiger partial charge in [0.05, 0.1) is 6.61 Å². The number of ether oxygens (including phenoxy) is 3. The Morgan fingerprint density at radius 1 is 0.903 bits per heavy atom. The first-order valence-corrected chi connectivity index (χ1v) is 9.84. The average Bonchev–Trinajstić information content (AvgIpc) is 3.15. The molecule has 4 rings (SSSR count). The van der Waals surface area contributed by atoms with Crippen molar-refractivity contribution < 1.29 is 23.4 Å². The van der Waals surface area contributed by atoms with Gasteiger partial charge < -0.3 is 14.2 Å². The van der Waals surface area contributed by atoms with E-state index in [1.165, 1.54) is 12.1 Å². The maximum absolute atomic E-state index is 13.0. The molecule has 0 saturated carbocycles. The lowest BCUT2D eigenvalue weighted by Gasteiger charge is -2.06. The van der Waals surface area contributed by atoms with Gasteiger partial charge in [0.25, 0.3) is 0 Å². The summed E-state index contributed by atoms with van der Waals surface area (Å²) in [4.78, 5) is 16.5. The minimum absolute atomic E-state index is 0.226. The Labute approximate surface area is 179 Å². The summed E-state index contributed by atoms with van der Waals surface area (Å²) in [6, 6.07) is 20.6. The van der Waals surface area contributed by atoms with E-state index >= 15 is 0 Å². The predicted molar refractivity (Wildman–Crippen MR) is 115 cm³/mol. The molecule has 0 amide bonds. The van der Waals surface area contributed by atoms with E-state index in [2.05, 4.69) is 4.99 Å². The van der Waals surface area contributed by atoms with Crippen LogP contribution in [0.15, 0.2) is 83.5 Å². The molecule has 156 valence electrons. The number of benzene rings is 3. The summed E-state index contributed by atoms with van der Waals surface area (Å²) < 4.78 is 29.4. The Hall–Kier alpha value is -3.93. The van der Waals surface area contributed by atoms with Gasteiger partial charge in [0.15, 0.2) is 5.70 Å². The molecular weight excluding hydrogens is 397 g/mol. The van der Waals surface area contributed by atoms with Crippen LogP contribution in [0, 0.1) is 5.82 Å². The molecule has 0 fully saturated rings. The number of carbonyl (C=O) groups excluding carboxylic acids is 1. The number of hydrogen-bond acceptors (Lipinski definition) is 5. The second kappa shape index (κ2) is 9.26. The van der Waals surface area contributed by atoms with Crippen molar-refractivity contribution in [2.24, 2.45) is 4.99 Å². The smallest absolute Gasteiger partial charge is 0.363 e. The zero-order valence-electron chi connectivity index (χ0n) is 16.9. The normalized spacial score (nSPS) is 14.3. The van der Waals surface area contributed by atoms with Gasteiger partial charge in [-0.15, -0.1) is 0 Å². The van der Waals surface area contributed by atoms with Crippen LogP contribution in [0.2, 0.25) is 0 Å². The largest absolute Gasteiger partial charge is 0.494 e. The van der Waals surface area contributed by atoms with Gasteiger partial charge in [-0.1, -0.05) is 24.3 Å². The molecular formula is C25H20FNO4. The lowest BCUT2D eigenvalue weighted by molar-refractivity contribution is -0.129. The second-order valence-corrected chi connectivity index (χ2v) is 6.78. The Balaban J connectivity index is 1.42. The highest BCUT2D eigenvalue weighted by molar-refractivity contribution is 6.12. The van der Waals surface area contributed by atoms with E-state index in [-0.39, 0.29) is 17.4 Å². The number of carbonyl (C=O) groups is 1. The fourth-order valence-electron chi connectivity index (χ4n) is 2.96. The topological polar surface area (TPSA) is 57.1 Å². The number of cyclic esters (lactones) is 1. The first-order chi connectivity index (χ1) is 15.1. The third-order valence-electron chi connectivity index (χ3n) is 4.54. The quantitative estimate of drug-likeness (QED) is 0.394. The molecule has 0 atom stereocenters. The number of hydrogen-bond donors (Lipinski definition) is 0. The van der Waals surface area contributed by atoms with Crippen molar-refractivity contribution in [2.75, 3.05) is 6.61 Å². The molecule has 0 aromatic heterocycles. The Morgan fingerprint density at radius 3 is 2.23 bits per heavy atom. The molecule has 0 bridgehead atoms. The van der Waals surface area contributed by atoms with E-state index < -0.39 is 5.97 Å². The molecule has 1 aliphatic rings. The summed E-state index contributed by atoms with van der Waals surface area (Å²) in [5.41, 5.74) is 2.59.